The van der Waals surface area contributed by atoms with Crippen LogP contribution in [0.15, 0.2) is 24.3 Å². The fraction of sp³-hybridized carbons (Fsp3) is 0.500. The van der Waals surface area contributed by atoms with Crippen molar-refractivity contribution in [3.8, 4) is 0 Å². The summed E-state index contributed by atoms with van der Waals surface area (Å²) in [6.45, 7) is 4.14. The van der Waals surface area contributed by atoms with Crippen molar-refractivity contribution in [2.45, 2.75) is 39.5 Å². The lowest BCUT2D eigenvalue weighted by molar-refractivity contribution is 0.0823. The number of carbonyl (C=O) groups is 1. The van der Waals surface area contributed by atoms with E-state index < -0.39 is 0 Å². The molecule has 0 bridgehead atoms. The smallest absolute Gasteiger partial charge is 0.168 e. The van der Waals surface area contributed by atoms with Gasteiger partial charge in [-0.25, -0.2) is 0 Å². The van der Waals surface area contributed by atoms with Gasteiger partial charge in [-0.15, -0.1) is 0 Å². The van der Waals surface area contributed by atoms with Crippen LogP contribution in [-0.4, -0.2) is 5.78 Å². The van der Waals surface area contributed by atoms with E-state index in [9.17, 15) is 4.79 Å². The summed E-state index contributed by atoms with van der Waals surface area (Å²) in [4.78, 5) is 12.4. The molecule has 0 atom stereocenters. The van der Waals surface area contributed by atoms with Crippen molar-refractivity contribution in [1.29, 1.82) is 0 Å². The third kappa shape index (κ3) is 1.83. The fourth-order valence-corrected chi connectivity index (χ4v) is 2.54. The highest BCUT2D eigenvalue weighted by Gasteiger charge is 2.36. The largest absolute Gasteiger partial charge is 0.294 e. The van der Waals surface area contributed by atoms with Gasteiger partial charge in [-0.3, -0.25) is 4.79 Å². The van der Waals surface area contributed by atoms with Gasteiger partial charge >= 0.3 is 0 Å². The summed E-state index contributed by atoms with van der Waals surface area (Å²) >= 11 is 0. The van der Waals surface area contributed by atoms with Gasteiger partial charge in [0.1, 0.15) is 0 Å². The molecule has 1 heteroatoms. The minimum absolute atomic E-state index is 0.0912. The van der Waals surface area contributed by atoms with Crippen molar-refractivity contribution in [2.75, 3.05) is 0 Å². The maximum Gasteiger partial charge on any atom is 0.168 e. The average Bonchev–Trinajstić information content (AvgIpc) is 2.66. The number of carbonyl (C=O) groups excluding carboxylic acids is 1. The van der Waals surface area contributed by atoms with E-state index in [1.54, 1.807) is 0 Å². The van der Waals surface area contributed by atoms with E-state index in [1.807, 2.05) is 31.2 Å². The van der Waals surface area contributed by atoms with Crippen molar-refractivity contribution in [1.82, 2.24) is 0 Å². The van der Waals surface area contributed by atoms with E-state index >= 15 is 0 Å². The molecule has 80 valence electrons. The summed E-state index contributed by atoms with van der Waals surface area (Å²) in [5.41, 5.74) is 1.93. The number of aryl methyl sites for hydroxylation is 1. The molecule has 1 aliphatic rings. The van der Waals surface area contributed by atoms with Gasteiger partial charge in [0.2, 0.25) is 0 Å². The maximum absolute atomic E-state index is 12.4. The third-order valence-corrected chi connectivity index (χ3v) is 3.64. The second-order valence-electron chi connectivity index (χ2n) is 4.91. The molecule has 15 heavy (non-hydrogen) atoms. The molecule has 0 heterocycles. The Labute approximate surface area is 91.5 Å². The molecule has 1 nitrogen and oxygen atoms in total. The quantitative estimate of drug-likeness (QED) is 0.667. The van der Waals surface area contributed by atoms with E-state index in [2.05, 4.69) is 6.92 Å². The number of benzene rings is 1. The number of Topliss-reactive ketones (excluding diaryl/α,β-unsaturated/α-hetero) is 1. The lowest BCUT2D eigenvalue weighted by atomic mass is 9.80. The Morgan fingerprint density at radius 1 is 1.20 bits per heavy atom. The molecule has 0 spiro atoms. The lowest BCUT2D eigenvalue weighted by Crippen LogP contribution is -2.24. The average molecular weight is 202 g/mol. The molecule has 2 rings (SSSR count). The van der Waals surface area contributed by atoms with E-state index in [0.29, 0.717) is 5.78 Å². The van der Waals surface area contributed by atoms with Gasteiger partial charge in [0.05, 0.1) is 0 Å². The Kier molecular flexibility index (Phi) is 2.64. The Hall–Kier alpha value is -1.11. The number of ketones is 1. The standard InChI is InChI=1S/C14H18O/c1-11-7-3-4-8-12(11)13(15)14(2)9-5-6-10-14/h3-4,7-8H,5-6,9-10H2,1-2H3. The molecule has 1 aromatic carbocycles. The molecule has 0 aliphatic heterocycles. The Morgan fingerprint density at radius 3 is 2.40 bits per heavy atom. The van der Waals surface area contributed by atoms with Crippen LogP contribution >= 0.6 is 0 Å². The third-order valence-electron chi connectivity index (χ3n) is 3.64. The van der Waals surface area contributed by atoms with E-state index in [0.717, 1.165) is 24.0 Å². The maximum atomic E-state index is 12.4. The van der Waals surface area contributed by atoms with Crippen LogP contribution < -0.4 is 0 Å². The monoisotopic (exact) mass is 202 g/mol. The zero-order valence-corrected chi connectivity index (χ0v) is 9.55. The molecule has 0 radical (unpaired) electrons. The highest BCUT2D eigenvalue weighted by atomic mass is 16.1. The van der Waals surface area contributed by atoms with E-state index in [1.165, 1.54) is 12.8 Å². The van der Waals surface area contributed by atoms with Gasteiger partial charge < -0.3 is 0 Å². The zero-order valence-electron chi connectivity index (χ0n) is 9.55. The molecule has 0 N–H and O–H groups in total. The summed E-state index contributed by atoms with van der Waals surface area (Å²) < 4.78 is 0. The summed E-state index contributed by atoms with van der Waals surface area (Å²) in [7, 11) is 0. The van der Waals surface area contributed by atoms with Crippen LogP contribution in [0.4, 0.5) is 0 Å². The van der Waals surface area contributed by atoms with Crippen LogP contribution in [0, 0.1) is 12.3 Å². The lowest BCUT2D eigenvalue weighted by Gasteiger charge is -2.22. The van der Waals surface area contributed by atoms with Crippen molar-refractivity contribution >= 4 is 5.78 Å². The van der Waals surface area contributed by atoms with Crippen molar-refractivity contribution in [3.05, 3.63) is 35.4 Å². The molecule has 1 aromatic rings. The van der Waals surface area contributed by atoms with Gasteiger partial charge in [-0.1, -0.05) is 44.0 Å². The molecule has 0 amide bonds. The first-order valence-electron chi connectivity index (χ1n) is 5.74. The molecule has 0 aromatic heterocycles. The minimum atomic E-state index is -0.0912. The molecule has 0 saturated heterocycles. The highest BCUT2D eigenvalue weighted by molar-refractivity contribution is 6.01. The van der Waals surface area contributed by atoms with E-state index in [-0.39, 0.29) is 5.41 Å². The van der Waals surface area contributed by atoms with Gasteiger partial charge in [-0.05, 0) is 25.3 Å². The second-order valence-corrected chi connectivity index (χ2v) is 4.91. The first kappa shape index (κ1) is 10.4. The fourth-order valence-electron chi connectivity index (χ4n) is 2.54. The zero-order chi connectivity index (χ0) is 10.9. The predicted octanol–water partition coefficient (Wildman–Crippen LogP) is 3.76. The van der Waals surface area contributed by atoms with Crippen LogP contribution in [0.5, 0.6) is 0 Å². The van der Waals surface area contributed by atoms with Crippen molar-refractivity contribution in [3.63, 3.8) is 0 Å². The first-order valence-corrected chi connectivity index (χ1v) is 5.74. The van der Waals surface area contributed by atoms with Crippen LogP contribution in [0.25, 0.3) is 0 Å². The van der Waals surface area contributed by atoms with Crippen molar-refractivity contribution < 1.29 is 4.79 Å². The molecule has 1 saturated carbocycles. The molecule has 1 aliphatic carbocycles. The summed E-state index contributed by atoms with van der Waals surface area (Å²) in [6.07, 6.45) is 4.52. The first-order chi connectivity index (χ1) is 7.13. The molecular weight excluding hydrogens is 184 g/mol. The van der Waals surface area contributed by atoms with Gasteiger partial charge in [0.15, 0.2) is 5.78 Å². The number of rotatable bonds is 2. The van der Waals surface area contributed by atoms with Gasteiger partial charge in [0, 0.05) is 11.0 Å². The minimum Gasteiger partial charge on any atom is -0.294 e. The van der Waals surface area contributed by atoms with Crippen molar-refractivity contribution in [2.24, 2.45) is 5.41 Å². The van der Waals surface area contributed by atoms with Crippen LogP contribution in [0.2, 0.25) is 0 Å². The normalized spacial score (nSPS) is 19.1. The number of hydrogen-bond acceptors (Lipinski definition) is 1. The molecule has 0 unspecified atom stereocenters. The van der Waals surface area contributed by atoms with E-state index in [4.69, 9.17) is 0 Å². The SMILES string of the molecule is Cc1ccccc1C(=O)C1(C)CCCC1. The predicted molar refractivity (Wildman–Crippen MR) is 62.1 cm³/mol. The van der Waals surface area contributed by atoms with Crippen LogP contribution in [0.3, 0.4) is 0 Å². The summed E-state index contributed by atoms with van der Waals surface area (Å²) in [6, 6.07) is 7.93. The summed E-state index contributed by atoms with van der Waals surface area (Å²) in [5, 5.41) is 0. The van der Waals surface area contributed by atoms with Gasteiger partial charge in [-0.2, -0.15) is 0 Å². The topological polar surface area (TPSA) is 17.1 Å². The Balaban J connectivity index is 2.32. The Morgan fingerprint density at radius 2 is 1.80 bits per heavy atom. The molecule has 1 fully saturated rings. The van der Waals surface area contributed by atoms with Crippen LogP contribution in [-0.2, 0) is 0 Å². The summed E-state index contributed by atoms with van der Waals surface area (Å²) in [5.74, 6) is 0.345. The van der Waals surface area contributed by atoms with Gasteiger partial charge in [0.25, 0.3) is 0 Å². The molecular formula is C14H18O. The second kappa shape index (κ2) is 3.80. The highest BCUT2D eigenvalue weighted by Crippen LogP contribution is 2.40. The van der Waals surface area contributed by atoms with Crippen LogP contribution in [0.1, 0.15) is 48.5 Å². The number of hydrogen-bond donors (Lipinski definition) is 0. The Bertz CT molecular complexity index is 373.